The van der Waals surface area contributed by atoms with Gasteiger partial charge in [0.05, 0.1) is 11.7 Å². The van der Waals surface area contributed by atoms with Crippen molar-refractivity contribution in [3.05, 3.63) is 88.4 Å². The van der Waals surface area contributed by atoms with Gasteiger partial charge in [-0.25, -0.2) is 17.9 Å². The first-order chi connectivity index (χ1) is 17.4. The number of sulfonamides is 1. The molecule has 0 aliphatic rings. The summed E-state index contributed by atoms with van der Waals surface area (Å²) < 4.78 is 35.2. The number of halogens is 1. The smallest absolute Gasteiger partial charge is 0.441 e. The van der Waals surface area contributed by atoms with E-state index in [1.807, 2.05) is 29.7 Å². The van der Waals surface area contributed by atoms with Crippen LogP contribution >= 0.6 is 15.9 Å². The highest BCUT2D eigenvalue weighted by Gasteiger charge is 2.27. The van der Waals surface area contributed by atoms with Crippen LogP contribution in [0.4, 0.5) is 4.79 Å². The molecular formula is C25H27BrN4O6S. The summed E-state index contributed by atoms with van der Waals surface area (Å²) in [6.45, 7) is 4.51. The predicted molar refractivity (Wildman–Crippen MR) is 139 cm³/mol. The Bertz CT molecular complexity index is 1330. The monoisotopic (exact) mass is 590 g/mol. The summed E-state index contributed by atoms with van der Waals surface area (Å²) in [6, 6.07) is 15.1. The minimum Gasteiger partial charge on any atom is -0.441 e. The first-order valence-electron chi connectivity index (χ1n) is 11.2. The average molecular weight is 591 g/mol. The van der Waals surface area contributed by atoms with E-state index < -0.39 is 33.7 Å². The molecule has 2 aromatic heterocycles. The summed E-state index contributed by atoms with van der Waals surface area (Å²) in [4.78, 5) is 35.9. The van der Waals surface area contributed by atoms with Gasteiger partial charge >= 0.3 is 12.1 Å². The molecule has 0 bridgehead atoms. The van der Waals surface area contributed by atoms with Crippen molar-refractivity contribution in [1.82, 2.24) is 20.2 Å². The maximum absolute atomic E-state index is 13.1. The number of hydrogen-bond donors (Lipinski definition) is 2. The Morgan fingerprint density at radius 3 is 2.46 bits per heavy atom. The summed E-state index contributed by atoms with van der Waals surface area (Å²) in [6.07, 6.45) is 2.42. The molecule has 2 N–H and O–H groups in total. The Morgan fingerprint density at radius 1 is 1.08 bits per heavy atom. The topological polar surface area (TPSA) is 137 Å². The van der Waals surface area contributed by atoms with Crippen LogP contribution in [0.5, 0.6) is 0 Å². The number of hydrogen-bond acceptors (Lipinski definition) is 8. The number of ether oxygens (including phenoxy) is 1. The molecule has 0 fully saturated rings. The van der Waals surface area contributed by atoms with Gasteiger partial charge in [0.2, 0.25) is 10.0 Å². The molecule has 196 valence electrons. The van der Waals surface area contributed by atoms with Gasteiger partial charge in [-0.3, -0.25) is 14.8 Å². The molecule has 2 heterocycles. The van der Waals surface area contributed by atoms with Gasteiger partial charge in [0.15, 0.2) is 0 Å². The molecule has 10 nitrogen and oxygen atoms in total. The molecule has 0 spiro atoms. The Hall–Kier alpha value is -3.35. The number of carbonyl (C=O) groups is 2. The van der Waals surface area contributed by atoms with E-state index in [4.69, 9.17) is 4.74 Å². The fraction of sp³-hybridized carbons (Fsp3) is 0.280. The number of hydroxylamine groups is 1. The summed E-state index contributed by atoms with van der Waals surface area (Å²) in [5.41, 5.74) is 2.87. The fourth-order valence-corrected chi connectivity index (χ4v) is 4.91. The van der Waals surface area contributed by atoms with Crippen LogP contribution in [-0.4, -0.2) is 36.0 Å². The second-order valence-corrected chi connectivity index (χ2v) is 11.4. The minimum absolute atomic E-state index is 0.0419. The molecule has 3 aromatic rings. The zero-order valence-electron chi connectivity index (χ0n) is 20.5. The fourth-order valence-electron chi connectivity index (χ4n) is 3.47. The third-order valence-electron chi connectivity index (χ3n) is 5.03. The normalized spacial score (nSPS) is 12.4. The number of rotatable bonds is 9. The molecule has 37 heavy (non-hydrogen) atoms. The Balaban J connectivity index is 1.85. The third kappa shape index (κ3) is 8.92. The van der Waals surface area contributed by atoms with E-state index >= 15 is 0 Å². The Kier molecular flexibility index (Phi) is 9.35. The van der Waals surface area contributed by atoms with Crippen molar-refractivity contribution in [3.8, 4) is 0 Å². The van der Waals surface area contributed by atoms with Crippen molar-refractivity contribution in [3.63, 3.8) is 0 Å². The summed E-state index contributed by atoms with van der Waals surface area (Å²) >= 11 is 3.41. The lowest BCUT2D eigenvalue weighted by Crippen LogP contribution is -2.37. The van der Waals surface area contributed by atoms with Gasteiger partial charge in [0.1, 0.15) is 10.5 Å². The van der Waals surface area contributed by atoms with Gasteiger partial charge in [-0.2, -0.15) is 0 Å². The highest BCUT2D eigenvalue weighted by atomic mass is 79.9. The number of aromatic nitrogens is 2. The average Bonchev–Trinajstić information content (AvgIpc) is 2.84. The van der Waals surface area contributed by atoms with Gasteiger partial charge in [-0.15, -0.1) is 5.48 Å². The van der Waals surface area contributed by atoms with Gasteiger partial charge in [0, 0.05) is 35.9 Å². The Labute approximate surface area is 224 Å². The summed E-state index contributed by atoms with van der Waals surface area (Å²) in [7, 11) is -3.89. The molecule has 0 radical (unpaired) electrons. The molecule has 1 unspecified atom stereocenters. The molecule has 0 aliphatic carbocycles. The van der Waals surface area contributed by atoms with Crippen LogP contribution < -0.4 is 10.2 Å². The van der Waals surface area contributed by atoms with Crippen molar-refractivity contribution in [2.24, 2.45) is 0 Å². The first kappa shape index (κ1) is 28.2. The largest absolute Gasteiger partial charge is 0.441 e. The Morgan fingerprint density at radius 2 is 1.81 bits per heavy atom. The van der Waals surface area contributed by atoms with E-state index in [1.54, 1.807) is 38.1 Å². The number of nitrogens with one attached hydrogen (secondary N) is 2. The van der Waals surface area contributed by atoms with Gasteiger partial charge in [-0.1, -0.05) is 34.1 Å². The maximum Gasteiger partial charge on any atom is 0.441 e. The second kappa shape index (κ2) is 12.3. The van der Waals surface area contributed by atoms with Crippen LogP contribution in [0.1, 0.15) is 43.8 Å². The highest BCUT2D eigenvalue weighted by Crippen LogP contribution is 2.23. The number of pyridine rings is 2. The van der Waals surface area contributed by atoms with Crippen LogP contribution in [0.25, 0.3) is 0 Å². The lowest BCUT2D eigenvalue weighted by Gasteiger charge is -2.25. The number of benzene rings is 1. The first-order valence-corrected chi connectivity index (χ1v) is 13.5. The van der Waals surface area contributed by atoms with Crippen molar-refractivity contribution < 1.29 is 27.6 Å². The maximum atomic E-state index is 13.1. The van der Waals surface area contributed by atoms with E-state index in [0.717, 1.165) is 17.0 Å². The number of amides is 1. The van der Waals surface area contributed by atoms with Crippen LogP contribution in [0.15, 0.2) is 76.4 Å². The molecule has 0 saturated carbocycles. The molecule has 12 heteroatoms. The molecule has 1 amide bonds. The van der Waals surface area contributed by atoms with Crippen LogP contribution in [0, 0.1) is 0 Å². The third-order valence-corrected chi connectivity index (χ3v) is 7.02. The SMILES string of the molecule is CC(=O)ONC(=O)OC(C)(C)Cc1cccc(C(Cc2ccc(Br)cc2)NS(=O)(=O)c2cccnc2)n1. The van der Waals surface area contributed by atoms with Crippen LogP contribution in [0.3, 0.4) is 0 Å². The lowest BCUT2D eigenvalue weighted by atomic mass is 10.00. The zero-order valence-corrected chi connectivity index (χ0v) is 22.9. The highest BCUT2D eigenvalue weighted by molar-refractivity contribution is 9.10. The van der Waals surface area contributed by atoms with Crippen molar-refractivity contribution in [2.45, 2.75) is 50.2 Å². The molecule has 0 saturated heterocycles. The van der Waals surface area contributed by atoms with Gasteiger partial charge in [0.25, 0.3) is 0 Å². The standard InChI is InChI=1S/C25H27BrN4O6S/c1-17(31)36-29-24(32)35-25(2,3)15-20-6-4-8-22(28-20)23(14-18-9-11-19(26)12-10-18)30-37(33,34)21-7-5-13-27-16-21/h4-13,16,23,30H,14-15H2,1-3H3,(H,29,32). The molecule has 1 atom stereocenters. The van der Waals surface area contributed by atoms with E-state index in [9.17, 15) is 18.0 Å². The lowest BCUT2D eigenvalue weighted by molar-refractivity contribution is -0.147. The van der Waals surface area contributed by atoms with Gasteiger partial charge in [-0.05, 0) is 62.2 Å². The van der Waals surface area contributed by atoms with E-state index in [2.05, 4.69) is 35.5 Å². The second-order valence-electron chi connectivity index (χ2n) is 8.77. The van der Waals surface area contributed by atoms with Crippen LogP contribution in [-0.2, 0) is 37.2 Å². The summed E-state index contributed by atoms with van der Waals surface area (Å²) in [5, 5.41) is 0. The predicted octanol–water partition coefficient (Wildman–Crippen LogP) is 4.03. The summed E-state index contributed by atoms with van der Waals surface area (Å²) in [5.74, 6) is -0.685. The van der Waals surface area contributed by atoms with Crippen molar-refractivity contribution >= 4 is 38.0 Å². The van der Waals surface area contributed by atoms with E-state index in [-0.39, 0.29) is 11.3 Å². The quantitative estimate of drug-likeness (QED) is 0.356. The molecule has 0 aliphatic heterocycles. The van der Waals surface area contributed by atoms with E-state index in [0.29, 0.717) is 17.8 Å². The minimum atomic E-state index is -3.89. The van der Waals surface area contributed by atoms with Gasteiger partial charge < -0.3 is 9.57 Å². The van der Waals surface area contributed by atoms with E-state index in [1.165, 1.54) is 18.5 Å². The van der Waals surface area contributed by atoms with Crippen LogP contribution in [0.2, 0.25) is 0 Å². The van der Waals surface area contributed by atoms with Crippen molar-refractivity contribution in [2.75, 3.05) is 0 Å². The molecule has 3 rings (SSSR count). The number of carbonyl (C=O) groups excluding carboxylic acids is 2. The molecular weight excluding hydrogens is 564 g/mol. The number of nitrogens with zero attached hydrogens (tertiary/aromatic N) is 2. The molecule has 1 aromatic carbocycles. The zero-order chi connectivity index (χ0) is 27.1. The van der Waals surface area contributed by atoms with Crippen molar-refractivity contribution in [1.29, 1.82) is 0 Å².